The highest BCUT2D eigenvalue weighted by Crippen LogP contribution is 2.10. The highest BCUT2D eigenvalue weighted by atomic mass is 35.5. The maximum atomic E-state index is 11.7. The quantitative estimate of drug-likeness (QED) is 0.871. The largest absolute Gasteiger partial charge is 0.352 e. The number of carbonyl (C=O) groups excluding carboxylic acids is 1. The molecule has 1 fully saturated rings. The van der Waals surface area contributed by atoms with Crippen LogP contribution in [0.25, 0.3) is 0 Å². The van der Waals surface area contributed by atoms with Gasteiger partial charge in [0.25, 0.3) is 0 Å². The molecule has 3 nitrogen and oxygen atoms in total. The van der Waals surface area contributed by atoms with Gasteiger partial charge in [-0.1, -0.05) is 29.8 Å². The molecule has 0 saturated carbocycles. The monoisotopic (exact) mass is 282 g/mol. The van der Waals surface area contributed by atoms with Crippen LogP contribution < -0.4 is 10.6 Å². The van der Waals surface area contributed by atoms with E-state index in [1.54, 1.807) is 0 Å². The summed E-state index contributed by atoms with van der Waals surface area (Å²) in [5.41, 5.74) is 2.41. The zero-order chi connectivity index (χ0) is 12.8. The summed E-state index contributed by atoms with van der Waals surface area (Å²) in [4.78, 5) is 11.7. The molecule has 1 amide bonds. The SMILES string of the molecule is Cc1ccc(CNC(=O)CCC2CCCN2)cc1.Cl. The maximum Gasteiger partial charge on any atom is 0.220 e. The first kappa shape index (κ1) is 16.0. The minimum absolute atomic E-state index is 0. The van der Waals surface area contributed by atoms with Crippen molar-refractivity contribution in [2.75, 3.05) is 6.54 Å². The van der Waals surface area contributed by atoms with E-state index in [4.69, 9.17) is 0 Å². The molecule has 1 atom stereocenters. The molecule has 0 radical (unpaired) electrons. The maximum absolute atomic E-state index is 11.7. The summed E-state index contributed by atoms with van der Waals surface area (Å²) in [6.07, 6.45) is 4.05. The van der Waals surface area contributed by atoms with Crippen molar-refractivity contribution < 1.29 is 4.79 Å². The van der Waals surface area contributed by atoms with Gasteiger partial charge in [0.05, 0.1) is 0 Å². The Hall–Kier alpha value is -1.06. The number of hydrogen-bond acceptors (Lipinski definition) is 2. The van der Waals surface area contributed by atoms with Gasteiger partial charge in [0.15, 0.2) is 0 Å². The Morgan fingerprint density at radius 3 is 2.74 bits per heavy atom. The number of benzene rings is 1. The van der Waals surface area contributed by atoms with E-state index in [0.717, 1.165) is 18.5 Å². The molecular formula is C15H23ClN2O. The predicted octanol–water partition coefficient (Wildman–Crippen LogP) is 2.57. The number of rotatable bonds is 5. The molecule has 19 heavy (non-hydrogen) atoms. The second kappa shape index (κ2) is 8.18. The van der Waals surface area contributed by atoms with Crippen LogP contribution >= 0.6 is 12.4 Å². The van der Waals surface area contributed by atoms with Crippen molar-refractivity contribution in [2.45, 2.75) is 45.2 Å². The zero-order valence-corrected chi connectivity index (χ0v) is 12.3. The summed E-state index contributed by atoms with van der Waals surface area (Å²) in [6.45, 7) is 3.81. The number of halogens is 1. The molecule has 106 valence electrons. The van der Waals surface area contributed by atoms with E-state index in [-0.39, 0.29) is 18.3 Å². The third-order valence-corrected chi connectivity index (χ3v) is 3.49. The fourth-order valence-electron chi connectivity index (χ4n) is 2.30. The summed E-state index contributed by atoms with van der Waals surface area (Å²) in [6, 6.07) is 8.83. The Balaban J connectivity index is 0.00000180. The number of nitrogens with one attached hydrogen (secondary N) is 2. The molecule has 1 aliphatic heterocycles. The summed E-state index contributed by atoms with van der Waals surface area (Å²) >= 11 is 0. The van der Waals surface area contributed by atoms with Crippen LogP contribution in [0.2, 0.25) is 0 Å². The van der Waals surface area contributed by atoms with Gasteiger partial charge in [-0.15, -0.1) is 12.4 Å². The molecule has 1 heterocycles. The predicted molar refractivity (Wildman–Crippen MR) is 80.5 cm³/mol. The first-order chi connectivity index (χ1) is 8.74. The molecule has 1 aromatic rings. The number of hydrogen-bond donors (Lipinski definition) is 2. The zero-order valence-electron chi connectivity index (χ0n) is 11.4. The molecule has 0 bridgehead atoms. The van der Waals surface area contributed by atoms with E-state index in [0.29, 0.717) is 19.0 Å². The molecule has 2 N–H and O–H groups in total. The minimum Gasteiger partial charge on any atom is -0.352 e. The van der Waals surface area contributed by atoms with Gasteiger partial charge in [-0.2, -0.15) is 0 Å². The van der Waals surface area contributed by atoms with Crippen LogP contribution in [0.3, 0.4) is 0 Å². The molecule has 1 aliphatic rings. The van der Waals surface area contributed by atoms with Crippen molar-refractivity contribution in [3.63, 3.8) is 0 Å². The van der Waals surface area contributed by atoms with Crippen molar-refractivity contribution >= 4 is 18.3 Å². The van der Waals surface area contributed by atoms with Crippen LogP contribution in [0, 0.1) is 6.92 Å². The van der Waals surface area contributed by atoms with Crippen LogP contribution in [0.1, 0.15) is 36.8 Å². The lowest BCUT2D eigenvalue weighted by Crippen LogP contribution is -2.27. The smallest absolute Gasteiger partial charge is 0.220 e. The number of carbonyl (C=O) groups is 1. The summed E-state index contributed by atoms with van der Waals surface area (Å²) in [5.74, 6) is 0.157. The van der Waals surface area contributed by atoms with Crippen molar-refractivity contribution in [1.82, 2.24) is 10.6 Å². The van der Waals surface area contributed by atoms with Gasteiger partial charge in [-0.3, -0.25) is 4.79 Å². The number of amides is 1. The Bertz CT molecular complexity index is 386. The molecule has 0 aliphatic carbocycles. The summed E-state index contributed by atoms with van der Waals surface area (Å²) in [7, 11) is 0. The van der Waals surface area contributed by atoms with Crippen LogP contribution in [0.5, 0.6) is 0 Å². The Labute approximate surface area is 121 Å². The molecule has 0 aromatic heterocycles. The van der Waals surface area contributed by atoms with Crippen LogP contribution in [0.4, 0.5) is 0 Å². The van der Waals surface area contributed by atoms with E-state index in [9.17, 15) is 4.79 Å². The highest BCUT2D eigenvalue weighted by Gasteiger charge is 2.14. The topological polar surface area (TPSA) is 41.1 Å². The van der Waals surface area contributed by atoms with E-state index in [1.807, 2.05) is 0 Å². The fourth-order valence-corrected chi connectivity index (χ4v) is 2.30. The molecule has 4 heteroatoms. The van der Waals surface area contributed by atoms with Crippen LogP contribution in [-0.4, -0.2) is 18.5 Å². The lowest BCUT2D eigenvalue weighted by atomic mass is 10.1. The van der Waals surface area contributed by atoms with Gasteiger partial charge in [0.2, 0.25) is 5.91 Å². The van der Waals surface area contributed by atoms with Crippen molar-refractivity contribution in [3.8, 4) is 0 Å². The molecule has 0 spiro atoms. The highest BCUT2D eigenvalue weighted by molar-refractivity contribution is 5.85. The van der Waals surface area contributed by atoms with E-state index in [1.165, 1.54) is 18.4 Å². The minimum atomic E-state index is 0. The van der Waals surface area contributed by atoms with Crippen LogP contribution in [-0.2, 0) is 11.3 Å². The average molecular weight is 283 g/mol. The van der Waals surface area contributed by atoms with E-state index in [2.05, 4.69) is 41.8 Å². The summed E-state index contributed by atoms with van der Waals surface area (Å²) < 4.78 is 0. The second-order valence-corrected chi connectivity index (χ2v) is 5.09. The summed E-state index contributed by atoms with van der Waals surface area (Å²) in [5, 5.41) is 6.39. The van der Waals surface area contributed by atoms with E-state index >= 15 is 0 Å². The normalized spacial score (nSPS) is 17.8. The Morgan fingerprint density at radius 1 is 1.37 bits per heavy atom. The van der Waals surface area contributed by atoms with Crippen LogP contribution in [0.15, 0.2) is 24.3 Å². The lowest BCUT2D eigenvalue weighted by Gasteiger charge is -2.10. The fraction of sp³-hybridized carbons (Fsp3) is 0.533. The standard InChI is InChI=1S/C15H22N2O.ClH/c1-12-4-6-13(7-5-12)11-17-15(18)9-8-14-3-2-10-16-14;/h4-7,14,16H,2-3,8-11H2,1H3,(H,17,18);1H. The van der Waals surface area contributed by atoms with Gasteiger partial charge >= 0.3 is 0 Å². The van der Waals surface area contributed by atoms with E-state index < -0.39 is 0 Å². The molecule has 2 rings (SSSR count). The van der Waals surface area contributed by atoms with Crippen molar-refractivity contribution in [3.05, 3.63) is 35.4 Å². The molecular weight excluding hydrogens is 260 g/mol. The first-order valence-electron chi connectivity index (χ1n) is 6.79. The molecule has 1 saturated heterocycles. The average Bonchev–Trinajstić information content (AvgIpc) is 2.89. The van der Waals surface area contributed by atoms with Gasteiger partial charge in [-0.25, -0.2) is 0 Å². The van der Waals surface area contributed by atoms with Gasteiger partial charge in [0.1, 0.15) is 0 Å². The Morgan fingerprint density at radius 2 is 2.11 bits per heavy atom. The van der Waals surface area contributed by atoms with Gasteiger partial charge in [0, 0.05) is 19.0 Å². The van der Waals surface area contributed by atoms with Gasteiger partial charge in [-0.05, 0) is 38.3 Å². The molecule has 1 unspecified atom stereocenters. The Kier molecular flexibility index (Phi) is 6.89. The van der Waals surface area contributed by atoms with Gasteiger partial charge < -0.3 is 10.6 Å². The lowest BCUT2D eigenvalue weighted by molar-refractivity contribution is -0.121. The second-order valence-electron chi connectivity index (χ2n) is 5.09. The van der Waals surface area contributed by atoms with Crippen molar-refractivity contribution in [2.24, 2.45) is 0 Å². The number of aryl methyl sites for hydroxylation is 1. The third kappa shape index (κ3) is 5.62. The van der Waals surface area contributed by atoms with Crippen molar-refractivity contribution in [1.29, 1.82) is 0 Å². The third-order valence-electron chi connectivity index (χ3n) is 3.49. The molecule has 1 aromatic carbocycles. The first-order valence-corrected chi connectivity index (χ1v) is 6.79.